The first-order valence-electron chi connectivity index (χ1n) is 10.4. The molecule has 0 aliphatic rings. The zero-order valence-electron chi connectivity index (χ0n) is 19.2. The zero-order valence-corrected chi connectivity index (χ0v) is 20.0. The quantitative estimate of drug-likeness (QED) is 0.516. The van der Waals surface area contributed by atoms with Gasteiger partial charge in [0.1, 0.15) is 6.54 Å². The van der Waals surface area contributed by atoms with Gasteiger partial charge in [-0.25, -0.2) is 8.42 Å². The SMILES string of the molecule is COc1ccc(S(=O)(=O)N(CC(=O)NCc2ccccc2)c2cc(C)cc(C)c2)cc1OC. The summed E-state index contributed by atoms with van der Waals surface area (Å²) in [6.07, 6.45) is 0. The predicted molar refractivity (Wildman–Crippen MR) is 128 cm³/mol. The highest BCUT2D eigenvalue weighted by Crippen LogP contribution is 2.32. The fraction of sp³-hybridized carbons (Fsp3) is 0.240. The third-order valence-electron chi connectivity index (χ3n) is 5.06. The van der Waals surface area contributed by atoms with E-state index in [0.717, 1.165) is 21.0 Å². The molecular formula is C25H28N2O5S. The van der Waals surface area contributed by atoms with Gasteiger partial charge in [-0.05, 0) is 54.8 Å². The summed E-state index contributed by atoms with van der Waals surface area (Å²) < 4.78 is 39.0. The number of nitrogens with one attached hydrogen (secondary N) is 1. The molecule has 3 aromatic rings. The molecule has 174 valence electrons. The molecule has 0 heterocycles. The molecule has 33 heavy (non-hydrogen) atoms. The van der Waals surface area contributed by atoms with Crippen LogP contribution >= 0.6 is 0 Å². The Morgan fingerprint density at radius 3 is 2.12 bits per heavy atom. The molecule has 0 aliphatic heterocycles. The molecule has 0 saturated heterocycles. The largest absolute Gasteiger partial charge is 0.493 e. The first kappa shape index (κ1) is 24.1. The van der Waals surface area contributed by atoms with Crippen molar-refractivity contribution < 1.29 is 22.7 Å². The lowest BCUT2D eigenvalue weighted by Crippen LogP contribution is -2.40. The monoisotopic (exact) mass is 468 g/mol. The molecule has 0 spiro atoms. The number of carbonyl (C=O) groups is 1. The van der Waals surface area contributed by atoms with Gasteiger partial charge >= 0.3 is 0 Å². The highest BCUT2D eigenvalue weighted by atomic mass is 32.2. The normalized spacial score (nSPS) is 11.0. The molecule has 0 unspecified atom stereocenters. The van der Waals surface area contributed by atoms with E-state index in [1.54, 1.807) is 12.1 Å². The third-order valence-corrected chi connectivity index (χ3v) is 6.83. The number of sulfonamides is 1. The average molecular weight is 469 g/mol. The topological polar surface area (TPSA) is 84.9 Å². The molecule has 0 aliphatic carbocycles. The Kier molecular flexibility index (Phi) is 7.60. The van der Waals surface area contributed by atoms with Crippen LogP contribution < -0.4 is 19.1 Å². The standard InChI is InChI=1S/C25H28N2O5S/c1-18-12-19(2)14-21(13-18)27(17-25(28)26-16-20-8-6-5-7-9-20)33(29,30)22-10-11-23(31-3)24(15-22)32-4/h5-15H,16-17H2,1-4H3,(H,26,28). The predicted octanol–water partition coefficient (Wildman–Crippen LogP) is 3.83. The molecule has 7 nitrogen and oxygen atoms in total. The van der Waals surface area contributed by atoms with Crippen molar-refractivity contribution in [1.82, 2.24) is 5.32 Å². The van der Waals surface area contributed by atoms with E-state index < -0.39 is 15.9 Å². The maximum atomic E-state index is 13.7. The van der Waals surface area contributed by atoms with Gasteiger partial charge in [-0.15, -0.1) is 0 Å². The molecule has 8 heteroatoms. The maximum absolute atomic E-state index is 13.7. The Labute approximate surface area is 195 Å². The Morgan fingerprint density at radius 2 is 1.52 bits per heavy atom. The molecule has 0 aromatic heterocycles. The van der Waals surface area contributed by atoms with Gasteiger partial charge in [-0.3, -0.25) is 9.10 Å². The number of benzene rings is 3. The second-order valence-electron chi connectivity index (χ2n) is 7.64. The molecule has 0 bridgehead atoms. The van der Waals surface area contributed by atoms with Gasteiger partial charge in [-0.1, -0.05) is 36.4 Å². The molecule has 3 aromatic carbocycles. The van der Waals surface area contributed by atoms with Crippen molar-refractivity contribution >= 4 is 21.6 Å². The van der Waals surface area contributed by atoms with Crippen LogP contribution in [0, 0.1) is 13.8 Å². The molecule has 3 rings (SSSR count). The number of methoxy groups -OCH3 is 2. The van der Waals surface area contributed by atoms with Crippen molar-refractivity contribution in [2.24, 2.45) is 0 Å². The fourth-order valence-corrected chi connectivity index (χ4v) is 4.92. The van der Waals surface area contributed by atoms with E-state index in [1.165, 1.54) is 32.4 Å². The summed E-state index contributed by atoms with van der Waals surface area (Å²) in [6.45, 7) is 3.70. The van der Waals surface area contributed by atoms with E-state index in [1.807, 2.05) is 50.2 Å². The van der Waals surface area contributed by atoms with Crippen LogP contribution in [0.25, 0.3) is 0 Å². The lowest BCUT2D eigenvalue weighted by atomic mass is 10.1. The average Bonchev–Trinajstić information content (AvgIpc) is 2.80. The van der Waals surface area contributed by atoms with Gasteiger partial charge in [0.15, 0.2) is 11.5 Å². The Bertz CT molecular complexity index is 1210. The minimum absolute atomic E-state index is 0.00447. The minimum Gasteiger partial charge on any atom is -0.493 e. The van der Waals surface area contributed by atoms with E-state index >= 15 is 0 Å². The number of anilines is 1. The van der Waals surface area contributed by atoms with Crippen molar-refractivity contribution in [3.8, 4) is 11.5 Å². The highest BCUT2D eigenvalue weighted by molar-refractivity contribution is 7.92. The minimum atomic E-state index is -4.09. The van der Waals surface area contributed by atoms with E-state index in [2.05, 4.69) is 5.32 Å². The van der Waals surface area contributed by atoms with E-state index in [-0.39, 0.29) is 17.2 Å². The lowest BCUT2D eigenvalue weighted by Gasteiger charge is -2.25. The van der Waals surface area contributed by atoms with Crippen LogP contribution in [0.3, 0.4) is 0 Å². The Hall–Kier alpha value is -3.52. The summed E-state index contributed by atoms with van der Waals surface area (Å²) in [5.74, 6) is 0.282. The fourth-order valence-electron chi connectivity index (χ4n) is 3.50. The number of hydrogen-bond donors (Lipinski definition) is 1. The first-order valence-corrected chi connectivity index (χ1v) is 11.8. The number of aryl methyl sites for hydroxylation is 2. The van der Waals surface area contributed by atoms with Gasteiger partial charge < -0.3 is 14.8 Å². The first-order chi connectivity index (χ1) is 15.7. The molecule has 1 amide bonds. The van der Waals surface area contributed by atoms with Gasteiger partial charge in [0.2, 0.25) is 5.91 Å². The second-order valence-corrected chi connectivity index (χ2v) is 9.50. The Balaban J connectivity index is 1.96. The van der Waals surface area contributed by atoms with Crippen molar-refractivity contribution in [3.63, 3.8) is 0 Å². The molecule has 0 saturated carbocycles. The van der Waals surface area contributed by atoms with Crippen LogP contribution in [-0.2, 0) is 21.4 Å². The number of hydrogen-bond acceptors (Lipinski definition) is 5. The maximum Gasteiger partial charge on any atom is 0.264 e. The summed E-state index contributed by atoms with van der Waals surface area (Å²) in [6, 6.07) is 19.2. The number of ether oxygens (including phenoxy) is 2. The molecule has 0 radical (unpaired) electrons. The Morgan fingerprint density at radius 1 is 0.879 bits per heavy atom. The van der Waals surface area contributed by atoms with E-state index in [0.29, 0.717) is 18.0 Å². The van der Waals surface area contributed by atoms with E-state index in [9.17, 15) is 13.2 Å². The molecule has 0 fully saturated rings. The van der Waals surface area contributed by atoms with Gasteiger partial charge in [-0.2, -0.15) is 0 Å². The van der Waals surface area contributed by atoms with Crippen molar-refractivity contribution in [2.45, 2.75) is 25.3 Å². The summed E-state index contributed by atoms with van der Waals surface area (Å²) in [7, 11) is -1.17. The van der Waals surface area contributed by atoms with Crippen LogP contribution in [0.15, 0.2) is 71.6 Å². The second kappa shape index (κ2) is 10.4. The molecule has 1 N–H and O–H groups in total. The van der Waals surface area contributed by atoms with Crippen LogP contribution in [0.4, 0.5) is 5.69 Å². The zero-order chi connectivity index (χ0) is 24.0. The van der Waals surface area contributed by atoms with E-state index in [4.69, 9.17) is 9.47 Å². The number of carbonyl (C=O) groups excluding carboxylic acids is 1. The smallest absolute Gasteiger partial charge is 0.264 e. The summed E-state index contributed by atoms with van der Waals surface area (Å²) >= 11 is 0. The molecular weight excluding hydrogens is 440 g/mol. The van der Waals surface area contributed by atoms with Crippen LogP contribution in [0.2, 0.25) is 0 Å². The third kappa shape index (κ3) is 5.84. The van der Waals surface area contributed by atoms with Crippen LogP contribution in [0.1, 0.15) is 16.7 Å². The number of amides is 1. The summed E-state index contributed by atoms with van der Waals surface area (Å²) in [5.41, 5.74) is 3.12. The van der Waals surface area contributed by atoms with Crippen molar-refractivity contribution in [1.29, 1.82) is 0 Å². The highest BCUT2D eigenvalue weighted by Gasteiger charge is 2.28. The molecule has 0 atom stereocenters. The van der Waals surface area contributed by atoms with Gasteiger partial charge in [0.25, 0.3) is 10.0 Å². The van der Waals surface area contributed by atoms with Crippen LogP contribution in [0.5, 0.6) is 11.5 Å². The van der Waals surface area contributed by atoms with Crippen molar-refractivity contribution in [3.05, 3.63) is 83.4 Å². The van der Waals surface area contributed by atoms with Crippen LogP contribution in [-0.4, -0.2) is 35.1 Å². The van der Waals surface area contributed by atoms with Gasteiger partial charge in [0.05, 0.1) is 24.8 Å². The summed E-state index contributed by atoms with van der Waals surface area (Å²) in [4.78, 5) is 12.8. The van der Waals surface area contributed by atoms with Gasteiger partial charge in [0, 0.05) is 12.6 Å². The summed E-state index contributed by atoms with van der Waals surface area (Å²) in [5, 5.41) is 2.80. The number of nitrogens with zero attached hydrogens (tertiary/aromatic N) is 1. The number of rotatable bonds is 9. The van der Waals surface area contributed by atoms with Crippen molar-refractivity contribution in [2.75, 3.05) is 25.1 Å². The lowest BCUT2D eigenvalue weighted by molar-refractivity contribution is -0.119.